The molecule has 9 heavy (non-hydrogen) atoms. The summed E-state index contributed by atoms with van der Waals surface area (Å²) in [4.78, 5) is 2.14. The van der Waals surface area contributed by atoms with Crippen molar-refractivity contribution in [2.24, 2.45) is 0 Å². The van der Waals surface area contributed by atoms with Gasteiger partial charge in [-0.1, -0.05) is 11.8 Å². The molecule has 0 aromatic carbocycles. The summed E-state index contributed by atoms with van der Waals surface area (Å²) in [6.07, 6.45) is 1.96. The van der Waals surface area contributed by atoms with Crippen LogP contribution < -0.4 is 5.32 Å². The molecule has 1 rings (SSSR count). The lowest BCUT2D eigenvalue weighted by molar-refractivity contribution is 0.429. The first-order valence-corrected chi connectivity index (χ1v) is 3.76. The largest absolute Gasteiger partial charge is 0.372 e. The lowest BCUT2D eigenvalue weighted by Gasteiger charge is -2.13. The fourth-order valence-electron chi connectivity index (χ4n) is 0.647. The number of likely N-dealkylation sites (N-methyl/N-ethyl adjacent to an activating group) is 1. The molecule has 2 nitrogen and oxygen atoms in total. The lowest BCUT2D eigenvalue weighted by atomic mass is 10.6. The van der Waals surface area contributed by atoms with Gasteiger partial charge in [0.1, 0.15) is 5.37 Å². The number of hydrogen-bond donors (Lipinski definition) is 1. The molecule has 1 N–H and O–H groups in total. The van der Waals surface area contributed by atoms with Gasteiger partial charge in [-0.05, 0) is 19.5 Å². The SMILES string of the molecule is CN(C)C[C]1NC=CS1. The van der Waals surface area contributed by atoms with E-state index in [1.54, 1.807) is 11.8 Å². The predicted octanol–water partition coefficient (Wildman–Crippen LogP) is 0.845. The minimum Gasteiger partial charge on any atom is -0.372 e. The standard InChI is InChI=1S/C6H11N2S/c1-8(2)5-6-7-3-4-9-6/h3-4,7H,5H2,1-2H3. The number of nitrogens with zero attached hydrogens (tertiary/aromatic N) is 1. The fourth-order valence-corrected chi connectivity index (χ4v) is 1.42. The van der Waals surface area contributed by atoms with Crippen LogP contribution >= 0.6 is 11.8 Å². The van der Waals surface area contributed by atoms with Crippen LogP contribution in [0.1, 0.15) is 0 Å². The van der Waals surface area contributed by atoms with Crippen molar-refractivity contribution in [3.05, 3.63) is 17.0 Å². The molecule has 1 heterocycles. The van der Waals surface area contributed by atoms with Gasteiger partial charge in [0.25, 0.3) is 0 Å². The zero-order chi connectivity index (χ0) is 6.69. The van der Waals surface area contributed by atoms with Gasteiger partial charge in [0.05, 0.1) is 0 Å². The average Bonchev–Trinajstić information content (AvgIpc) is 2.15. The summed E-state index contributed by atoms with van der Waals surface area (Å²) >= 11 is 1.75. The lowest BCUT2D eigenvalue weighted by Crippen LogP contribution is -2.23. The zero-order valence-electron chi connectivity index (χ0n) is 5.72. The van der Waals surface area contributed by atoms with E-state index in [-0.39, 0.29) is 0 Å². The van der Waals surface area contributed by atoms with E-state index in [1.807, 2.05) is 6.20 Å². The highest BCUT2D eigenvalue weighted by atomic mass is 32.2. The Morgan fingerprint density at radius 3 is 2.89 bits per heavy atom. The zero-order valence-corrected chi connectivity index (χ0v) is 6.53. The van der Waals surface area contributed by atoms with E-state index in [0.717, 1.165) is 6.54 Å². The molecule has 1 aliphatic rings. The maximum absolute atomic E-state index is 3.15. The van der Waals surface area contributed by atoms with E-state index < -0.39 is 0 Å². The second-order valence-electron chi connectivity index (χ2n) is 2.23. The van der Waals surface area contributed by atoms with Gasteiger partial charge in [0, 0.05) is 12.7 Å². The Balaban J connectivity index is 2.14. The van der Waals surface area contributed by atoms with Gasteiger partial charge >= 0.3 is 0 Å². The fraction of sp³-hybridized carbons (Fsp3) is 0.500. The van der Waals surface area contributed by atoms with E-state index in [1.165, 1.54) is 5.37 Å². The Hall–Kier alpha value is -0.150. The molecule has 0 aliphatic carbocycles. The molecule has 0 atom stereocenters. The second kappa shape index (κ2) is 3.13. The Bertz CT molecular complexity index is 104. The van der Waals surface area contributed by atoms with E-state index in [2.05, 4.69) is 29.7 Å². The van der Waals surface area contributed by atoms with Crippen molar-refractivity contribution >= 4 is 11.8 Å². The molecular formula is C6H11N2S. The van der Waals surface area contributed by atoms with Crippen LogP contribution in [0.25, 0.3) is 0 Å². The number of rotatable bonds is 2. The third-order valence-electron chi connectivity index (χ3n) is 0.982. The van der Waals surface area contributed by atoms with E-state index >= 15 is 0 Å². The topological polar surface area (TPSA) is 15.3 Å². The average molecular weight is 143 g/mol. The van der Waals surface area contributed by atoms with Crippen LogP contribution in [0.3, 0.4) is 0 Å². The van der Waals surface area contributed by atoms with Crippen molar-refractivity contribution < 1.29 is 0 Å². The molecule has 0 saturated carbocycles. The molecule has 3 heteroatoms. The first-order valence-electron chi connectivity index (χ1n) is 2.88. The summed E-state index contributed by atoms with van der Waals surface area (Å²) < 4.78 is 0. The van der Waals surface area contributed by atoms with Crippen molar-refractivity contribution in [3.8, 4) is 0 Å². The molecule has 0 saturated heterocycles. The monoisotopic (exact) mass is 143 g/mol. The second-order valence-corrected chi connectivity index (χ2v) is 3.23. The van der Waals surface area contributed by atoms with Crippen LogP contribution in [0.4, 0.5) is 0 Å². The van der Waals surface area contributed by atoms with Crippen molar-refractivity contribution in [1.82, 2.24) is 10.2 Å². The highest BCUT2D eigenvalue weighted by Gasteiger charge is 2.10. The molecule has 0 amide bonds. The quantitative estimate of drug-likeness (QED) is 0.617. The molecule has 0 bridgehead atoms. The first-order chi connectivity index (χ1) is 4.29. The van der Waals surface area contributed by atoms with Crippen molar-refractivity contribution in [2.75, 3.05) is 20.6 Å². The van der Waals surface area contributed by atoms with Crippen LogP contribution in [-0.2, 0) is 0 Å². The first kappa shape index (κ1) is 6.96. The van der Waals surface area contributed by atoms with E-state index in [0.29, 0.717) is 0 Å². The van der Waals surface area contributed by atoms with Crippen LogP contribution in [0, 0.1) is 5.37 Å². The highest BCUT2D eigenvalue weighted by Crippen LogP contribution is 2.22. The van der Waals surface area contributed by atoms with E-state index in [9.17, 15) is 0 Å². The molecule has 0 unspecified atom stereocenters. The minimum atomic E-state index is 1.01. The summed E-state index contributed by atoms with van der Waals surface area (Å²) in [5, 5.41) is 6.51. The Kier molecular flexibility index (Phi) is 2.42. The molecule has 1 aliphatic heterocycles. The predicted molar refractivity (Wildman–Crippen MR) is 41.7 cm³/mol. The van der Waals surface area contributed by atoms with Gasteiger partial charge in [-0.2, -0.15) is 0 Å². The molecular weight excluding hydrogens is 132 g/mol. The van der Waals surface area contributed by atoms with Crippen LogP contribution in [0.2, 0.25) is 0 Å². The maximum Gasteiger partial charge on any atom is 0.134 e. The van der Waals surface area contributed by atoms with Crippen molar-refractivity contribution in [1.29, 1.82) is 0 Å². The van der Waals surface area contributed by atoms with Gasteiger partial charge in [-0.25, -0.2) is 0 Å². The molecule has 1 radical (unpaired) electrons. The van der Waals surface area contributed by atoms with Crippen LogP contribution in [0.5, 0.6) is 0 Å². The molecule has 51 valence electrons. The smallest absolute Gasteiger partial charge is 0.134 e. The van der Waals surface area contributed by atoms with Crippen molar-refractivity contribution in [3.63, 3.8) is 0 Å². The van der Waals surface area contributed by atoms with Crippen LogP contribution in [0.15, 0.2) is 11.6 Å². The third kappa shape index (κ3) is 2.28. The van der Waals surface area contributed by atoms with E-state index in [4.69, 9.17) is 0 Å². The van der Waals surface area contributed by atoms with Gasteiger partial charge < -0.3 is 10.2 Å². The normalized spacial score (nSPS) is 19.0. The number of hydrogen-bond acceptors (Lipinski definition) is 3. The highest BCUT2D eigenvalue weighted by molar-refractivity contribution is 8.05. The molecule has 0 fully saturated rings. The molecule has 0 spiro atoms. The number of thioether (sulfide) groups is 1. The summed E-state index contributed by atoms with van der Waals surface area (Å²) in [7, 11) is 4.13. The maximum atomic E-state index is 3.15. The molecule has 0 aromatic heterocycles. The van der Waals surface area contributed by atoms with Gasteiger partial charge in [0.2, 0.25) is 0 Å². The van der Waals surface area contributed by atoms with Crippen LogP contribution in [-0.4, -0.2) is 25.5 Å². The summed E-state index contributed by atoms with van der Waals surface area (Å²) in [5.41, 5.74) is 0. The Morgan fingerprint density at radius 2 is 2.44 bits per heavy atom. The van der Waals surface area contributed by atoms with Crippen molar-refractivity contribution in [2.45, 2.75) is 0 Å². The third-order valence-corrected chi connectivity index (χ3v) is 1.79. The van der Waals surface area contributed by atoms with Gasteiger partial charge in [-0.15, -0.1) is 0 Å². The molecule has 0 aromatic rings. The van der Waals surface area contributed by atoms with Gasteiger partial charge in [0.15, 0.2) is 0 Å². The summed E-state index contributed by atoms with van der Waals surface area (Å²) in [6, 6.07) is 0. The summed E-state index contributed by atoms with van der Waals surface area (Å²) in [5.74, 6) is 0. The number of nitrogens with one attached hydrogen (secondary N) is 1. The Morgan fingerprint density at radius 1 is 1.67 bits per heavy atom. The Labute approximate surface area is 60.3 Å². The van der Waals surface area contributed by atoms with Gasteiger partial charge in [-0.3, -0.25) is 0 Å². The minimum absolute atomic E-state index is 1.01. The summed E-state index contributed by atoms with van der Waals surface area (Å²) in [6.45, 7) is 1.01.